The summed E-state index contributed by atoms with van der Waals surface area (Å²) in [6.07, 6.45) is 2.42. The van der Waals surface area contributed by atoms with Crippen LogP contribution in [0.3, 0.4) is 0 Å². The molecule has 2 aromatic heterocycles. The van der Waals surface area contributed by atoms with Gasteiger partial charge in [0.2, 0.25) is 5.91 Å². The zero-order chi connectivity index (χ0) is 13.5. The minimum absolute atomic E-state index is 0.0516. The van der Waals surface area contributed by atoms with Crippen molar-refractivity contribution in [3.8, 4) is 11.8 Å². The van der Waals surface area contributed by atoms with Gasteiger partial charge >= 0.3 is 0 Å². The summed E-state index contributed by atoms with van der Waals surface area (Å²) < 4.78 is 0. The van der Waals surface area contributed by atoms with Crippen LogP contribution < -0.4 is 5.32 Å². The van der Waals surface area contributed by atoms with Crippen LogP contribution in [-0.4, -0.2) is 22.6 Å². The molecule has 0 radical (unpaired) electrons. The highest BCUT2D eigenvalue weighted by atomic mass is 32.1. The van der Waals surface area contributed by atoms with E-state index in [1.165, 1.54) is 11.3 Å². The molecule has 4 nitrogen and oxygen atoms in total. The number of nitrogens with zero attached hydrogens (tertiary/aromatic N) is 1. The molecule has 2 heterocycles. The number of aromatic nitrogens is 1. The molecule has 98 valence electrons. The SMILES string of the molecule is O=C(Cc1ccsc1)Nc1ncc(C#CCCO)s1. The first-order chi connectivity index (χ1) is 9.28. The lowest BCUT2D eigenvalue weighted by molar-refractivity contribution is -0.115. The summed E-state index contributed by atoms with van der Waals surface area (Å²) in [6.45, 7) is 0.0516. The van der Waals surface area contributed by atoms with Gasteiger partial charge in [-0.2, -0.15) is 11.3 Å². The summed E-state index contributed by atoms with van der Waals surface area (Å²) in [6, 6.07) is 1.93. The number of anilines is 1. The number of hydrogen-bond donors (Lipinski definition) is 2. The third-order valence-electron chi connectivity index (χ3n) is 2.15. The fourth-order valence-corrected chi connectivity index (χ4v) is 2.71. The standard InChI is InChI=1S/C13H12N2O2S2/c16-5-2-1-3-11-8-14-13(19-11)15-12(17)7-10-4-6-18-9-10/h4,6,8-9,16H,2,5,7H2,(H,14,15,17). The molecular weight excluding hydrogens is 280 g/mol. The molecule has 2 N–H and O–H groups in total. The van der Waals surface area contributed by atoms with E-state index in [-0.39, 0.29) is 12.5 Å². The Morgan fingerprint density at radius 2 is 2.42 bits per heavy atom. The molecule has 0 saturated heterocycles. The molecular formula is C13H12N2O2S2. The van der Waals surface area contributed by atoms with E-state index < -0.39 is 0 Å². The van der Waals surface area contributed by atoms with Crippen LogP contribution >= 0.6 is 22.7 Å². The summed E-state index contributed by atoms with van der Waals surface area (Å²) >= 11 is 2.90. The Labute approximate surface area is 119 Å². The second-order valence-corrected chi connectivity index (χ2v) is 5.47. The van der Waals surface area contributed by atoms with Gasteiger partial charge in [0.1, 0.15) is 0 Å². The second kappa shape index (κ2) is 7.04. The van der Waals surface area contributed by atoms with Gasteiger partial charge < -0.3 is 10.4 Å². The molecule has 1 amide bonds. The predicted molar refractivity (Wildman–Crippen MR) is 77.3 cm³/mol. The maximum Gasteiger partial charge on any atom is 0.230 e. The lowest BCUT2D eigenvalue weighted by Gasteiger charge is -1.98. The maximum absolute atomic E-state index is 11.7. The first-order valence-electron chi connectivity index (χ1n) is 5.64. The molecule has 0 aliphatic carbocycles. The lowest BCUT2D eigenvalue weighted by Crippen LogP contribution is -2.13. The van der Waals surface area contributed by atoms with Crippen LogP contribution in [0.15, 0.2) is 23.0 Å². The minimum Gasteiger partial charge on any atom is -0.395 e. The van der Waals surface area contributed by atoms with Crippen molar-refractivity contribution in [2.45, 2.75) is 12.8 Å². The van der Waals surface area contributed by atoms with Gasteiger partial charge in [-0.15, -0.1) is 0 Å². The van der Waals surface area contributed by atoms with E-state index in [1.54, 1.807) is 17.5 Å². The third kappa shape index (κ3) is 4.48. The number of rotatable bonds is 4. The molecule has 0 aliphatic heterocycles. The van der Waals surface area contributed by atoms with Crippen LogP contribution in [0, 0.1) is 11.8 Å². The molecule has 0 spiro atoms. The Kier molecular flexibility index (Phi) is 5.10. The molecule has 2 rings (SSSR count). The van der Waals surface area contributed by atoms with E-state index >= 15 is 0 Å². The van der Waals surface area contributed by atoms with Gasteiger partial charge in [-0.25, -0.2) is 4.98 Å². The van der Waals surface area contributed by atoms with Crippen LogP contribution in [0.4, 0.5) is 5.13 Å². The third-order valence-corrected chi connectivity index (χ3v) is 3.71. The number of nitrogens with one attached hydrogen (secondary N) is 1. The van der Waals surface area contributed by atoms with Crippen LogP contribution in [0.2, 0.25) is 0 Å². The van der Waals surface area contributed by atoms with Gasteiger partial charge in [0.15, 0.2) is 5.13 Å². The summed E-state index contributed by atoms with van der Waals surface area (Å²) in [5.41, 5.74) is 1.00. The summed E-state index contributed by atoms with van der Waals surface area (Å²) in [4.78, 5) is 16.6. The van der Waals surface area contributed by atoms with Crippen molar-refractivity contribution in [2.24, 2.45) is 0 Å². The average Bonchev–Trinajstić information content (AvgIpc) is 3.02. The number of aliphatic hydroxyl groups excluding tert-OH is 1. The molecule has 6 heteroatoms. The van der Waals surface area contributed by atoms with Gasteiger partial charge in [0.25, 0.3) is 0 Å². The minimum atomic E-state index is -0.0809. The van der Waals surface area contributed by atoms with E-state index in [0.717, 1.165) is 10.4 Å². The summed E-state index contributed by atoms with van der Waals surface area (Å²) in [5, 5.41) is 15.8. The van der Waals surface area contributed by atoms with Crippen LogP contribution in [-0.2, 0) is 11.2 Å². The zero-order valence-electron chi connectivity index (χ0n) is 10.0. The molecule has 19 heavy (non-hydrogen) atoms. The fourth-order valence-electron chi connectivity index (χ4n) is 1.34. The van der Waals surface area contributed by atoms with E-state index in [2.05, 4.69) is 22.1 Å². The quantitative estimate of drug-likeness (QED) is 0.849. The number of aliphatic hydroxyl groups is 1. The Morgan fingerprint density at radius 1 is 1.53 bits per heavy atom. The molecule has 0 saturated carbocycles. The number of carbonyl (C=O) groups excluding carboxylic acids is 1. The lowest BCUT2D eigenvalue weighted by atomic mass is 10.2. The van der Waals surface area contributed by atoms with Crippen molar-refractivity contribution in [2.75, 3.05) is 11.9 Å². The average molecular weight is 292 g/mol. The highest BCUT2D eigenvalue weighted by molar-refractivity contribution is 7.16. The van der Waals surface area contributed by atoms with Crippen molar-refractivity contribution in [3.63, 3.8) is 0 Å². The molecule has 0 atom stereocenters. The monoisotopic (exact) mass is 292 g/mol. The van der Waals surface area contributed by atoms with Crippen LogP contribution in [0.1, 0.15) is 16.9 Å². The smallest absolute Gasteiger partial charge is 0.230 e. The van der Waals surface area contributed by atoms with Crippen molar-refractivity contribution < 1.29 is 9.90 Å². The fraction of sp³-hybridized carbons (Fsp3) is 0.231. The van der Waals surface area contributed by atoms with E-state index in [9.17, 15) is 4.79 Å². The Balaban J connectivity index is 1.89. The highest BCUT2D eigenvalue weighted by Crippen LogP contribution is 2.17. The topological polar surface area (TPSA) is 62.2 Å². The normalized spacial score (nSPS) is 9.74. The Hall–Kier alpha value is -1.68. The summed E-state index contributed by atoms with van der Waals surface area (Å²) in [7, 11) is 0. The van der Waals surface area contributed by atoms with Crippen LogP contribution in [0.25, 0.3) is 0 Å². The first kappa shape index (κ1) is 13.7. The number of amides is 1. The molecule has 0 unspecified atom stereocenters. The van der Waals surface area contributed by atoms with Crippen molar-refractivity contribution in [1.29, 1.82) is 0 Å². The van der Waals surface area contributed by atoms with Crippen molar-refractivity contribution >= 4 is 33.7 Å². The molecule has 2 aromatic rings. The van der Waals surface area contributed by atoms with Crippen molar-refractivity contribution in [3.05, 3.63) is 33.5 Å². The van der Waals surface area contributed by atoms with Gasteiger partial charge in [-0.1, -0.05) is 23.2 Å². The van der Waals surface area contributed by atoms with Crippen molar-refractivity contribution in [1.82, 2.24) is 4.98 Å². The Bertz CT molecular complexity index is 594. The molecule has 0 aromatic carbocycles. The zero-order valence-corrected chi connectivity index (χ0v) is 11.7. The molecule has 0 aliphatic rings. The van der Waals surface area contributed by atoms with E-state index in [4.69, 9.17) is 5.11 Å². The number of hydrogen-bond acceptors (Lipinski definition) is 5. The number of thiophene rings is 1. The molecule has 0 bridgehead atoms. The largest absolute Gasteiger partial charge is 0.395 e. The number of carbonyl (C=O) groups is 1. The van der Waals surface area contributed by atoms with E-state index in [1.807, 2.05) is 16.8 Å². The first-order valence-corrected chi connectivity index (χ1v) is 7.40. The summed E-state index contributed by atoms with van der Waals surface area (Å²) in [5.74, 6) is 5.61. The van der Waals surface area contributed by atoms with Gasteiger partial charge in [0, 0.05) is 6.42 Å². The Morgan fingerprint density at radius 3 is 3.16 bits per heavy atom. The van der Waals surface area contributed by atoms with E-state index in [0.29, 0.717) is 18.0 Å². The highest BCUT2D eigenvalue weighted by Gasteiger charge is 2.07. The number of thiazole rings is 1. The van der Waals surface area contributed by atoms with Gasteiger partial charge in [-0.3, -0.25) is 4.79 Å². The molecule has 0 fully saturated rings. The van der Waals surface area contributed by atoms with Gasteiger partial charge in [-0.05, 0) is 22.4 Å². The van der Waals surface area contributed by atoms with Crippen LogP contribution in [0.5, 0.6) is 0 Å². The predicted octanol–water partition coefficient (Wildman–Crippen LogP) is 2.12. The second-order valence-electron chi connectivity index (χ2n) is 3.66. The van der Waals surface area contributed by atoms with Gasteiger partial charge in [0.05, 0.1) is 24.1 Å². The maximum atomic E-state index is 11.7.